The smallest absolute Gasteiger partial charge is 0.343 e. The third kappa shape index (κ3) is 8.85. The van der Waals surface area contributed by atoms with Gasteiger partial charge in [0.15, 0.2) is 0 Å². The van der Waals surface area contributed by atoms with Gasteiger partial charge in [0.1, 0.15) is 29.3 Å². The maximum absolute atomic E-state index is 13.7. The number of nitrogens with zero attached hydrogens (tertiary/aromatic N) is 1. The standard InChI is InChI=1S/C46H49F2NO9/c1-44(2,3)32-25-29(49-41(53)36-34-35(37(36)42(49)54)40(52)38(39(34)51)45(4,5)6)15-12-27(32)21-24-57-33(50)20-11-26-9-16-31(17-10-26)58-43(55)28-13-18-30(19-14-28)56-23-8-22-46(7,47)48/h9-11,13-14,16-20,25,34-38,41,53H,8,21-24H2,1-7H3/b20-11+. The number of carbonyl (C=O) groups excluding carboxylic acids is 5. The van der Waals surface area contributed by atoms with E-state index in [1.165, 1.54) is 23.1 Å². The Morgan fingerprint density at radius 3 is 2.10 bits per heavy atom. The van der Waals surface area contributed by atoms with Crippen LogP contribution in [-0.2, 0) is 35.8 Å². The van der Waals surface area contributed by atoms with E-state index in [4.69, 9.17) is 14.2 Å². The van der Waals surface area contributed by atoms with Crippen molar-refractivity contribution in [2.45, 2.75) is 85.3 Å². The lowest BCUT2D eigenvalue weighted by Crippen LogP contribution is -2.51. The summed E-state index contributed by atoms with van der Waals surface area (Å²) in [4.78, 5) is 66.9. The van der Waals surface area contributed by atoms with Crippen molar-refractivity contribution in [3.05, 3.63) is 95.1 Å². The van der Waals surface area contributed by atoms with Crippen LogP contribution in [0.15, 0.2) is 60.7 Å². The number of fused-ring (bicyclic) bond motifs is 4. The molecular weight excluding hydrogens is 748 g/mol. The predicted octanol–water partition coefficient (Wildman–Crippen LogP) is 7.37. The van der Waals surface area contributed by atoms with E-state index < -0.39 is 70.4 Å². The Balaban J connectivity index is 1.00. The van der Waals surface area contributed by atoms with E-state index in [1.54, 1.807) is 48.5 Å². The van der Waals surface area contributed by atoms with E-state index >= 15 is 0 Å². The van der Waals surface area contributed by atoms with Crippen molar-refractivity contribution < 1.29 is 52.1 Å². The first kappa shape index (κ1) is 42.2. The molecule has 12 heteroatoms. The summed E-state index contributed by atoms with van der Waals surface area (Å²) in [5.74, 6) is -7.53. The van der Waals surface area contributed by atoms with Gasteiger partial charge < -0.3 is 19.3 Å². The van der Waals surface area contributed by atoms with E-state index in [0.29, 0.717) is 23.4 Å². The van der Waals surface area contributed by atoms with Crippen molar-refractivity contribution in [3.63, 3.8) is 0 Å². The lowest BCUT2D eigenvalue weighted by molar-refractivity contribution is -0.145. The summed E-state index contributed by atoms with van der Waals surface area (Å²) in [7, 11) is 0. The number of benzene rings is 2. The largest absolute Gasteiger partial charge is 0.494 e. The molecule has 0 aromatic heterocycles. The van der Waals surface area contributed by atoms with Gasteiger partial charge in [0.25, 0.3) is 0 Å². The molecule has 3 aromatic carbocycles. The van der Waals surface area contributed by atoms with Gasteiger partial charge in [-0.15, -0.1) is 0 Å². The first-order valence-corrected chi connectivity index (χ1v) is 19.5. The highest BCUT2D eigenvalue weighted by molar-refractivity contribution is 6.17. The summed E-state index contributed by atoms with van der Waals surface area (Å²) in [6.45, 7) is 12.5. The number of ether oxygens (including phenoxy) is 3. The van der Waals surface area contributed by atoms with Gasteiger partial charge in [0.05, 0.1) is 36.3 Å². The molecule has 1 aliphatic heterocycles. The van der Waals surface area contributed by atoms with Crippen LogP contribution in [0.5, 0.6) is 11.5 Å². The number of rotatable bonds is 13. The lowest BCUT2D eigenvalue weighted by atomic mass is 9.58. The van der Waals surface area contributed by atoms with E-state index in [-0.39, 0.29) is 48.9 Å². The molecule has 1 N–H and O–H groups in total. The van der Waals surface area contributed by atoms with E-state index in [2.05, 4.69) is 12.1 Å². The summed E-state index contributed by atoms with van der Waals surface area (Å²) in [6.07, 6.45) is 1.81. The molecule has 10 nitrogen and oxygen atoms in total. The molecule has 1 amide bonds. The quantitative estimate of drug-likeness (QED) is 0.0618. The zero-order valence-corrected chi connectivity index (χ0v) is 33.8. The number of ketones is 2. The van der Waals surface area contributed by atoms with Crippen LogP contribution < -0.4 is 14.4 Å². The molecule has 3 aliphatic rings. The molecule has 2 saturated carbocycles. The molecule has 3 fully saturated rings. The summed E-state index contributed by atoms with van der Waals surface area (Å²) in [5.41, 5.74) is 1.79. The Morgan fingerprint density at radius 2 is 1.48 bits per heavy atom. The normalized spacial score (nSPS) is 23.0. The van der Waals surface area contributed by atoms with Crippen molar-refractivity contribution in [3.8, 4) is 11.5 Å². The number of carbonyl (C=O) groups is 5. The Bertz CT molecular complexity index is 2090. The highest BCUT2D eigenvalue weighted by Crippen LogP contribution is 2.61. The minimum absolute atomic E-state index is 0.0354. The highest BCUT2D eigenvalue weighted by Gasteiger charge is 2.74. The number of halogens is 2. The molecule has 6 unspecified atom stereocenters. The van der Waals surface area contributed by atoms with Gasteiger partial charge in [-0.3, -0.25) is 19.3 Å². The predicted molar refractivity (Wildman–Crippen MR) is 210 cm³/mol. The first-order chi connectivity index (χ1) is 27.2. The SMILES string of the molecule is CC(F)(F)CCCOc1ccc(C(=O)Oc2ccc(/C=C/C(=O)OCCc3c#cc(N4C(=O)C5C6C(=O)C(C(C)(C)C)C(=O)C6C5C4O)cc3C(C)(C)C)cc2)cc1. The third-order valence-electron chi connectivity index (χ3n) is 11.1. The van der Waals surface area contributed by atoms with Gasteiger partial charge in [-0.25, -0.2) is 18.4 Å². The monoisotopic (exact) mass is 797 g/mol. The number of aliphatic hydroxyl groups is 1. The summed E-state index contributed by atoms with van der Waals surface area (Å²) >= 11 is 0. The molecule has 0 bridgehead atoms. The second-order valence-corrected chi connectivity index (χ2v) is 17.6. The van der Waals surface area contributed by atoms with E-state index in [1.807, 2.05) is 41.5 Å². The fourth-order valence-electron chi connectivity index (χ4n) is 8.29. The Labute approximate surface area is 337 Å². The van der Waals surface area contributed by atoms with Crippen LogP contribution >= 0.6 is 0 Å². The molecule has 306 valence electrons. The average Bonchev–Trinajstić information content (AvgIpc) is 3.46. The Morgan fingerprint density at radius 1 is 0.845 bits per heavy atom. The number of hydrogen-bond donors (Lipinski definition) is 1. The second kappa shape index (κ2) is 16.1. The van der Waals surface area contributed by atoms with Gasteiger partial charge in [0.2, 0.25) is 11.8 Å². The number of Topliss-reactive ketones (excluding diaryl/α,β-unsaturated/α-hetero) is 2. The fourth-order valence-corrected chi connectivity index (χ4v) is 8.29. The lowest BCUT2D eigenvalue weighted by Gasteiger charge is -2.40. The fraction of sp³-hybridized carbons (Fsp3) is 0.457. The molecule has 2 aliphatic carbocycles. The van der Waals surface area contributed by atoms with Crippen molar-refractivity contribution in [1.29, 1.82) is 0 Å². The zero-order chi connectivity index (χ0) is 42.3. The minimum Gasteiger partial charge on any atom is -0.494 e. The van der Waals surface area contributed by atoms with Crippen molar-refractivity contribution in [1.82, 2.24) is 0 Å². The number of aliphatic hydroxyl groups excluding tert-OH is 1. The molecule has 6 atom stereocenters. The van der Waals surface area contributed by atoms with Gasteiger partial charge in [-0.05, 0) is 89.9 Å². The van der Waals surface area contributed by atoms with E-state index in [0.717, 1.165) is 18.1 Å². The number of hydrogen-bond acceptors (Lipinski definition) is 9. The molecule has 1 saturated heterocycles. The third-order valence-corrected chi connectivity index (χ3v) is 11.1. The van der Waals surface area contributed by atoms with Crippen LogP contribution in [-0.4, -0.2) is 59.9 Å². The van der Waals surface area contributed by atoms with Gasteiger partial charge >= 0.3 is 11.9 Å². The average molecular weight is 798 g/mol. The van der Waals surface area contributed by atoms with Crippen LogP contribution in [0, 0.1) is 47.1 Å². The molecule has 0 radical (unpaired) electrons. The van der Waals surface area contributed by atoms with E-state index in [9.17, 15) is 37.9 Å². The molecule has 6 rings (SSSR count). The van der Waals surface area contributed by atoms with Crippen molar-refractivity contribution in [2.75, 3.05) is 18.1 Å². The summed E-state index contributed by atoms with van der Waals surface area (Å²) < 4.78 is 42.3. The molecule has 1 heterocycles. The topological polar surface area (TPSA) is 137 Å². The van der Waals surface area contributed by atoms with Crippen LogP contribution in [0.25, 0.3) is 6.08 Å². The van der Waals surface area contributed by atoms with Crippen LogP contribution in [0.3, 0.4) is 0 Å². The minimum atomic E-state index is -2.74. The zero-order valence-electron chi connectivity index (χ0n) is 33.8. The summed E-state index contributed by atoms with van der Waals surface area (Å²) in [5, 5.41) is 11.4. The number of amides is 1. The van der Waals surface area contributed by atoms with Crippen LogP contribution in [0.1, 0.15) is 88.4 Å². The van der Waals surface area contributed by atoms with Crippen molar-refractivity contribution in [2.24, 2.45) is 35.0 Å². The second-order valence-electron chi connectivity index (χ2n) is 17.6. The van der Waals surface area contributed by atoms with Gasteiger partial charge in [0, 0.05) is 42.2 Å². The van der Waals surface area contributed by atoms with Crippen LogP contribution in [0.2, 0.25) is 0 Å². The first-order valence-electron chi connectivity index (χ1n) is 19.5. The Kier molecular flexibility index (Phi) is 11.7. The number of alkyl halides is 2. The highest BCUT2D eigenvalue weighted by atomic mass is 19.3. The van der Waals surface area contributed by atoms with Gasteiger partial charge in [-0.1, -0.05) is 59.7 Å². The number of anilines is 1. The Hall–Kier alpha value is -5.41. The maximum atomic E-state index is 13.7. The molecule has 3 aromatic rings. The molecule has 0 spiro atoms. The summed E-state index contributed by atoms with van der Waals surface area (Å²) in [6, 6.07) is 20.6. The van der Waals surface area contributed by atoms with Crippen LogP contribution in [0.4, 0.5) is 14.5 Å². The van der Waals surface area contributed by atoms with Gasteiger partial charge in [-0.2, -0.15) is 0 Å². The maximum Gasteiger partial charge on any atom is 0.343 e. The number of esters is 2. The molecule has 58 heavy (non-hydrogen) atoms. The molecular formula is C46H49F2NO9. The van der Waals surface area contributed by atoms with Crippen molar-refractivity contribution >= 4 is 41.2 Å².